The first-order chi connectivity index (χ1) is 23.8. The predicted octanol–water partition coefficient (Wildman–Crippen LogP) is 7.57. The van der Waals surface area contributed by atoms with Crippen molar-refractivity contribution in [3.05, 3.63) is 187 Å². The fraction of sp³-hybridized carbons (Fsp3) is 0. The topological polar surface area (TPSA) is 52.5 Å². The monoisotopic (exact) mass is 627 g/mol. The number of benzene rings is 7. The fourth-order valence-corrected chi connectivity index (χ4v) is 12.5. The van der Waals surface area contributed by atoms with Crippen molar-refractivity contribution in [1.82, 2.24) is 4.57 Å². The second kappa shape index (κ2) is 12.0. The Hall–Kier alpha value is -6.46. The number of fused-ring (bicyclic) bond motifs is 3. The van der Waals surface area contributed by atoms with E-state index in [0.717, 1.165) is 43.8 Å². The minimum absolute atomic E-state index is 0.560. The Balaban J connectivity index is 1.56. The van der Waals surface area contributed by atoms with Crippen molar-refractivity contribution >= 4 is 50.6 Å². The number of rotatable bonds is 6. The van der Waals surface area contributed by atoms with Gasteiger partial charge < -0.3 is 4.57 Å². The van der Waals surface area contributed by atoms with Gasteiger partial charge in [-0.3, -0.25) is 0 Å². The fourth-order valence-electron chi connectivity index (χ4n) is 7.46. The number of nitrogens with zero attached hydrogens (tertiary/aromatic N) is 3. The van der Waals surface area contributed by atoms with Gasteiger partial charge in [0.2, 0.25) is 0 Å². The molecule has 1 aromatic heterocycles. The average molecular weight is 628 g/mol. The average Bonchev–Trinajstić information content (AvgIpc) is 3.50. The van der Waals surface area contributed by atoms with Gasteiger partial charge in [0.15, 0.2) is 8.07 Å². The summed E-state index contributed by atoms with van der Waals surface area (Å²) in [7, 11) is -3.04. The molecule has 224 valence electrons. The molecular weight excluding hydrogens is 599 g/mol. The highest BCUT2D eigenvalue weighted by molar-refractivity contribution is 7.20. The van der Waals surface area contributed by atoms with Gasteiger partial charge in [-0.25, -0.2) is 0 Å². The van der Waals surface area contributed by atoms with E-state index in [4.69, 9.17) is 0 Å². The van der Waals surface area contributed by atoms with Crippen LogP contribution in [0.3, 0.4) is 0 Å². The predicted molar refractivity (Wildman–Crippen MR) is 199 cm³/mol. The highest BCUT2D eigenvalue weighted by Gasteiger charge is 2.43. The molecule has 0 aliphatic rings. The molecule has 0 saturated carbocycles. The third kappa shape index (κ3) is 4.48. The molecular formula is C44H29N3Si. The van der Waals surface area contributed by atoms with Crippen LogP contribution in [0.25, 0.3) is 38.6 Å². The smallest absolute Gasteiger partial charge is 0.180 e. The zero-order valence-corrected chi connectivity index (χ0v) is 27.1. The Morgan fingerprint density at radius 2 is 0.958 bits per heavy atom. The molecule has 0 atom stereocenters. The molecule has 0 N–H and O–H groups in total. The van der Waals surface area contributed by atoms with Gasteiger partial charge in [0.05, 0.1) is 40.0 Å². The van der Waals surface area contributed by atoms with Crippen LogP contribution in [0.1, 0.15) is 11.1 Å². The van der Waals surface area contributed by atoms with Gasteiger partial charge in [-0.05, 0) is 51.1 Å². The van der Waals surface area contributed by atoms with Crippen LogP contribution in [0.2, 0.25) is 0 Å². The van der Waals surface area contributed by atoms with Gasteiger partial charge in [0, 0.05) is 21.9 Å². The van der Waals surface area contributed by atoms with Crippen molar-refractivity contribution in [3.8, 4) is 29.0 Å². The van der Waals surface area contributed by atoms with E-state index < -0.39 is 8.07 Å². The molecule has 8 aromatic rings. The molecule has 1 heterocycles. The van der Waals surface area contributed by atoms with Gasteiger partial charge in [0.1, 0.15) is 0 Å². The Bertz CT molecular complexity index is 2370. The summed E-state index contributed by atoms with van der Waals surface area (Å²) in [4.78, 5) is 0. The third-order valence-electron chi connectivity index (χ3n) is 9.43. The van der Waals surface area contributed by atoms with Crippen LogP contribution >= 0.6 is 0 Å². The number of nitriles is 2. The largest absolute Gasteiger partial charge is 0.309 e. The summed E-state index contributed by atoms with van der Waals surface area (Å²) in [6.07, 6.45) is 0. The van der Waals surface area contributed by atoms with Crippen LogP contribution in [0.5, 0.6) is 0 Å². The Labute approximate surface area is 280 Å². The van der Waals surface area contributed by atoms with Crippen molar-refractivity contribution in [1.29, 1.82) is 10.5 Å². The Morgan fingerprint density at radius 1 is 0.458 bits per heavy atom. The summed E-state index contributed by atoms with van der Waals surface area (Å²) >= 11 is 0. The molecule has 0 radical (unpaired) electrons. The van der Waals surface area contributed by atoms with Gasteiger partial charge in [-0.15, -0.1) is 0 Å². The first-order valence-corrected chi connectivity index (χ1v) is 18.0. The number of aromatic nitrogens is 1. The summed E-state index contributed by atoms with van der Waals surface area (Å²) in [6.45, 7) is 0. The molecule has 8 rings (SSSR count). The summed E-state index contributed by atoms with van der Waals surface area (Å²) in [5.41, 5.74) is 5.92. The SMILES string of the molecule is N#Cc1ccc(-c2c(C#N)cccc2[Si](c2ccccc2)(c2ccccc2)c2ccccc2)c(-n2c3ccccc3c3ccccc32)c1. The second-order valence-corrected chi connectivity index (χ2v) is 15.7. The molecule has 0 saturated heterocycles. The highest BCUT2D eigenvalue weighted by Crippen LogP contribution is 2.37. The molecule has 0 amide bonds. The normalized spacial score (nSPS) is 11.3. The minimum Gasteiger partial charge on any atom is -0.309 e. The van der Waals surface area contributed by atoms with E-state index in [1.807, 2.05) is 30.3 Å². The first kappa shape index (κ1) is 29.0. The third-order valence-corrected chi connectivity index (χ3v) is 14.2. The molecule has 7 aromatic carbocycles. The van der Waals surface area contributed by atoms with Crippen molar-refractivity contribution in [2.75, 3.05) is 0 Å². The van der Waals surface area contributed by atoms with E-state index in [9.17, 15) is 10.5 Å². The van der Waals surface area contributed by atoms with Crippen molar-refractivity contribution < 1.29 is 0 Å². The van der Waals surface area contributed by atoms with Gasteiger partial charge >= 0.3 is 0 Å². The lowest BCUT2D eigenvalue weighted by Gasteiger charge is -2.36. The zero-order valence-electron chi connectivity index (χ0n) is 26.1. The standard InChI is InChI=1S/C44H29N3Si/c45-30-32-27-28-39(42(29-32)47-40-24-12-10-22-37(40)38-23-11-13-25-41(38)47)44-33(31-46)15-14-26-43(44)48(34-16-4-1-5-17-34,35-18-6-2-7-19-35)36-20-8-3-9-21-36/h1-29H. The number of para-hydroxylation sites is 2. The minimum atomic E-state index is -3.04. The molecule has 0 spiro atoms. The zero-order chi connectivity index (χ0) is 32.5. The maximum absolute atomic E-state index is 10.9. The molecule has 0 aliphatic carbocycles. The lowest BCUT2D eigenvalue weighted by atomic mass is 9.97. The molecule has 0 bridgehead atoms. The molecule has 0 aliphatic heterocycles. The van der Waals surface area contributed by atoms with E-state index in [1.54, 1.807) is 0 Å². The molecule has 0 fully saturated rings. The molecule has 3 nitrogen and oxygen atoms in total. The molecule has 48 heavy (non-hydrogen) atoms. The van der Waals surface area contributed by atoms with E-state index in [1.165, 1.54) is 15.6 Å². The van der Waals surface area contributed by atoms with E-state index in [2.05, 4.69) is 162 Å². The molecule has 4 heteroatoms. The molecule has 0 unspecified atom stereocenters. The van der Waals surface area contributed by atoms with Crippen LogP contribution < -0.4 is 20.7 Å². The van der Waals surface area contributed by atoms with Crippen molar-refractivity contribution in [2.24, 2.45) is 0 Å². The summed E-state index contributed by atoms with van der Waals surface area (Å²) in [5.74, 6) is 0. The number of hydrogen-bond acceptors (Lipinski definition) is 2. The maximum Gasteiger partial charge on any atom is 0.180 e. The van der Waals surface area contributed by atoms with Gasteiger partial charge in [-0.1, -0.05) is 146 Å². The maximum atomic E-state index is 10.9. The lowest BCUT2D eigenvalue weighted by Crippen LogP contribution is -2.75. The lowest BCUT2D eigenvalue weighted by molar-refractivity contribution is 1.18. The van der Waals surface area contributed by atoms with E-state index in [-0.39, 0.29) is 0 Å². The first-order valence-electron chi connectivity index (χ1n) is 16.0. The van der Waals surface area contributed by atoms with Crippen LogP contribution in [-0.4, -0.2) is 12.6 Å². The Kier molecular flexibility index (Phi) is 7.27. The van der Waals surface area contributed by atoms with Crippen LogP contribution in [0, 0.1) is 22.7 Å². The number of hydrogen-bond donors (Lipinski definition) is 0. The Morgan fingerprint density at radius 3 is 1.46 bits per heavy atom. The van der Waals surface area contributed by atoms with Crippen LogP contribution in [-0.2, 0) is 0 Å². The highest BCUT2D eigenvalue weighted by atomic mass is 28.3. The van der Waals surface area contributed by atoms with Crippen LogP contribution in [0.15, 0.2) is 176 Å². The van der Waals surface area contributed by atoms with Crippen LogP contribution in [0.4, 0.5) is 0 Å². The summed E-state index contributed by atoms with van der Waals surface area (Å²) in [5, 5.41) is 28.1. The quantitative estimate of drug-likeness (QED) is 0.141. The van der Waals surface area contributed by atoms with Crippen molar-refractivity contribution in [2.45, 2.75) is 0 Å². The van der Waals surface area contributed by atoms with E-state index >= 15 is 0 Å². The summed E-state index contributed by atoms with van der Waals surface area (Å²) in [6, 6.07) is 66.1. The van der Waals surface area contributed by atoms with Gasteiger partial charge in [0.25, 0.3) is 0 Å². The van der Waals surface area contributed by atoms with E-state index in [0.29, 0.717) is 11.1 Å². The second-order valence-electron chi connectivity index (χ2n) is 11.9. The van der Waals surface area contributed by atoms with Crippen molar-refractivity contribution in [3.63, 3.8) is 0 Å². The summed E-state index contributed by atoms with van der Waals surface area (Å²) < 4.78 is 2.26. The van der Waals surface area contributed by atoms with Gasteiger partial charge in [-0.2, -0.15) is 10.5 Å².